The molecule has 31 heavy (non-hydrogen) atoms. The van der Waals surface area contributed by atoms with E-state index < -0.39 is 5.54 Å². The Hall–Kier alpha value is -2.73. The molecule has 1 heterocycles. The topological polar surface area (TPSA) is 52.6 Å². The van der Waals surface area contributed by atoms with E-state index >= 15 is 0 Å². The quantitative estimate of drug-likeness (QED) is 0.700. The summed E-state index contributed by atoms with van der Waals surface area (Å²) in [5.41, 5.74) is 1.17. The van der Waals surface area contributed by atoms with Crippen molar-refractivity contribution in [3.8, 4) is 0 Å². The molecular weight excluding hydrogens is 393 g/mol. The van der Waals surface area contributed by atoms with Crippen molar-refractivity contribution in [3.05, 3.63) is 71.5 Å². The van der Waals surface area contributed by atoms with Gasteiger partial charge in [-0.3, -0.25) is 9.69 Å². The van der Waals surface area contributed by atoms with Crippen LogP contribution >= 0.6 is 0 Å². The summed E-state index contributed by atoms with van der Waals surface area (Å²) in [4.78, 5) is 29.6. The minimum atomic E-state index is -0.754. The van der Waals surface area contributed by atoms with Crippen molar-refractivity contribution in [3.63, 3.8) is 0 Å². The summed E-state index contributed by atoms with van der Waals surface area (Å²) in [7, 11) is 1.89. The average molecular weight is 424 g/mol. The summed E-state index contributed by atoms with van der Waals surface area (Å²) in [5, 5.41) is 3.03. The molecule has 1 aliphatic carbocycles. The molecule has 1 unspecified atom stereocenters. The van der Waals surface area contributed by atoms with Gasteiger partial charge < -0.3 is 5.32 Å². The molecule has 1 saturated heterocycles. The van der Waals surface area contributed by atoms with Crippen LogP contribution in [0.1, 0.15) is 62.1 Å². The van der Waals surface area contributed by atoms with E-state index in [1.54, 1.807) is 12.1 Å². The molecule has 6 heteroatoms. The van der Waals surface area contributed by atoms with Crippen molar-refractivity contribution in [1.82, 2.24) is 15.1 Å². The molecule has 2 aromatic rings. The second-order valence-corrected chi connectivity index (χ2v) is 8.78. The number of hydrogen-bond acceptors (Lipinski definition) is 3. The van der Waals surface area contributed by atoms with Gasteiger partial charge in [-0.05, 0) is 43.1 Å². The summed E-state index contributed by atoms with van der Waals surface area (Å²) in [6.07, 6.45) is 6.73. The van der Waals surface area contributed by atoms with E-state index in [4.69, 9.17) is 0 Å². The lowest BCUT2D eigenvalue weighted by molar-refractivity contribution is -0.133. The van der Waals surface area contributed by atoms with E-state index in [9.17, 15) is 14.0 Å². The van der Waals surface area contributed by atoms with Crippen LogP contribution in [-0.4, -0.2) is 41.0 Å². The van der Waals surface area contributed by atoms with Gasteiger partial charge >= 0.3 is 6.03 Å². The van der Waals surface area contributed by atoms with Gasteiger partial charge in [-0.1, -0.05) is 74.6 Å². The highest BCUT2D eigenvalue weighted by atomic mass is 19.1. The lowest BCUT2D eigenvalue weighted by Crippen LogP contribution is -2.48. The third kappa shape index (κ3) is 4.49. The first-order valence-corrected chi connectivity index (χ1v) is 11.1. The van der Waals surface area contributed by atoms with Gasteiger partial charge in [0.15, 0.2) is 0 Å². The molecule has 4 rings (SSSR count). The minimum absolute atomic E-state index is 0.114. The number of urea groups is 1. The van der Waals surface area contributed by atoms with Crippen LogP contribution in [0.4, 0.5) is 9.18 Å². The normalized spacial score (nSPS) is 19.9. The highest BCUT2D eigenvalue weighted by molar-refractivity contribution is 6.07. The highest BCUT2D eigenvalue weighted by Crippen LogP contribution is 2.34. The molecule has 1 saturated carbocycles. The number of nitrogens with one attached hydrogen (secondary N) is 1. The third-order valence-electron chi connectivity index (χ3n) is 6.56. The molecule has 1 spiro atoms. The molecular formula is C25H30FN3O2. The third-order valence-corrected chi connectivity index (χ3v) is 6.56. The number of benzene rings is 2. The molecule has 0 radical (unpaired) electrons. The van der Waals surface area contributed by atoms with Gasteiger partial charge in [0, 0.05) is 0 Å². The van der Waals surface area contributed by atoms with Crippen molar-refractivity contribution in [1.29, 1.82) is 0 Å². The number of carbonyl (C=O) groups is 2. The monoisotopic (exact) mass is 423 g/mol. The number of carbonyl (C=O) groups excluding carboxylic acids is 2. The molecule has 5 nitrogen and oxygen atoms in total. The summed E-state index contributed by atoms with van der Waals surface area (Å²) < 4.78 is 13.5. The van der Waals surface area contributed by atoms with Crippen LogP contribution in [-0.2, 0) is 4.79 Å². The summed E-state index contributed by atoms with van der Waals surface area (Å²) in [5.74, 6) is -0.407. The zero-order chi connectivity index (χ0) is 21.8. The van der Waals surface area contributed by atoms with E-state index in [2.05, 4.69) is 5.32 Å². The minimum Gasteiger partial charge on any atom is -0.323 e. The molecule has 1 aliphatic heterocycles. The Morgan fingerprint density at radius 1 is 0.935 bits per heavy atom. The maximum absolute atomic E-state index is 13.5. The zero-order valence-corrected chi connectivity index (χ0v) is 18.0. The Morgan fingerprint density at radius 2 is 1.52 bits per heavy atom. The molecule has 3 amide bonds. The molecule has 2 aliphatic rings. The van der Waals surface area contributed by atoms with Crippen molar-refractivity contribution in [2.75, 3.05) is 13.7 Å². The summed E-state index contributed by atoms with van der Waals surface area (Å²) in [6.45, 7) is 0.170. The van der Waals surface area contributed by atoms with E-state index in [0.717, 1.165) is 36.8 Å². The molecule has 1 atom stereocenters. The first-order valence-electron chi connectivity index (χ1n) is 11.1. The zero-order valence-electron chi connectivity index (χ0n) is 18.0. The van der Waals surface area contributed by atoms with E-state index in [0.29, 0.717) is 12.8 Å². The van der Waals surface area contributed by atoms with Crippen molar-refractivity contribution >= 4 is 11.9 Å². The van der Waals surface area contributed by atoms with Crippen LogP contribution in [0.25, 0.3) is 0 Å². The summed E-state index contributed by atoms with van der Waals surface area (Å²) in [6, 6.07) is 15.7. The Morgan fingerprint density at radius 3 is 2.16 bits per heavy atom. The van der Waals surface area contributed by atoms with E-state index in [-0.39, 0.29) is 30.5 Å². The summed E-state index contributed by atoms with van der Waals surface area (Å²) >= 11 is 0. The van der Waals surface area contributed by atoms with E-state index in [1.807, 2.05) is 42.3 Å². The maximum Gasteiger partial charge on any atom is 0.326 e. The van der Waals surface area contributed by atoms with Crippen LogP contribution in [0.15, 0.2) is 54.6 Å². The molecule has 0 bridgehead atoms. The Bertz CT molecular complexity index is 908. The molecule has 2 aromatic carbocycles. The van der Waals surface area contributed by atoms with Gasteiger partial charge in [0.2, 0.25) is 0 Å². The number of rotatable bonds is 5. The SMILES string of the molecule is CN(CN1C(=O)NC2(CCCCCCC2)C1=O)C(c1ccccc1)c1ccc(F)cc1. The standard InChI is InChI=1S/C25H30FN3O2/c1-28(22(19-10-6-5-7-11-19)20-12-14-21(26)15-13-20)18-29-23(30)25(27-24(29)31)16-8-3-2-4-9-17-25/h5-7,10-15,22H,2-4,8-9,16-18H2,1H3,(H,27,31). The van der Waals surface area contributed by atoms with Gasteiger partial charge in [-0.15, -0.1) is 0 Å². The Balaban J connectivity index is 1.58. The number of halogens is 1. The van der Waals surface area contributed by atoms with Gasteiger partial charge in [0.25, 0.3) is 5.91 Å². The van der Waals surface area contributed by atoms with Crippen LogP contribution in [0.3, 0.4) is 0 Å². The number of imide groups is 1. The predicted octanol–water partition coefficient (Wildman–Crippen LogP) is 4.84. The molecule has 2 fully saturated rings. The highest BCUT2D eigenvalue weighted by Gasteiger charge is 2.50. The fourth-order valence-electron chi connectivity index (χ4n) is 4.94. The first-order chi connectivity index (χ1) is 15.0. The lowest BCUT2D eigenvalue weighted by Gasteiger charge is -2.32. The van der Waals surface area contributed by atoms with Crippen LogP contribution in [0.5, 0.6) is 0 Å². The van der Waals surface area contributed by atoms with Crippen LogP contribution in [0, 0.1) is 5.82 Å². The fraction of sp³-hybridized carbons (Fsp3) is 0.440. The Kier molecular flexibility index (Phi) is 6.37. The molecule has 0 aromatic heterocycles. The van der Waals surface area contributed by atoms with E-state index in [1.165, 1.54) is 23.5 Å². The van der Waals surface area contributed by atoms with Crippen molar-refractivity contribution in [2.45, 2.75) is 56.5 Å². The molecule has 1 N–H and O–H groups in total. The number of nitrogens with zero attached hydrogens (tertiary/aromatic N) is 2. The van der Waals surface area contributed by atoms with Crippen LogP contribution in [0.2, 0.25) is 0 Å². The largest absolute Gasteiger partial charge is 0.326 e. The van der Waals surface area contributed by atoms with Crippen molar-refractivity contribution < 1.29 is 14.0 Å². The maximum atomic E-state index is 13.5. The first kappa shape index (κ1) is 21.5. The van der Waals surface area contributed by atoms with Gasteiger partial charge in [-0.2, -0.15) is 0 Å². The fourth-order valence-corrected chi connectivity index (χ4v) is 4.94. The molecule has 164 valence electrons. The number of hydrogen-bond donors (Lipinski definition) is 1. The van der Waals surface area contributed by atoms with Gasteiger partial charge in [-0.25, -0.2) is 14.1 Å². The Labute approximate surface area is 183 Å². The predicted molar refractivity (Wildman–Crippen MR) is 118 cm³/mol. The number of amides is 3. The second kappa shape index (κ2) is 9.18. The van der Waals surface area contributed by atoms with Crippen molar-refractivity contribution in [2.24, 2.45) is 0 Å². The lowest BCUT2D eigenvalue weighted by atomic mass is 9.84. The van der Waals surface area contributed by atoms with Crippen LogP contribution < -0.4 is 5.32 Å². The van der Waals surface area contributed by atoms with Gasteiger partial charge in [0.05, 0.1) is 12.7 Å². The van der Waals surface area contributed by atoms with Gasteiger partial charge in [0.1, 0.15) is 11.4 Å². The smallest absolute Gasteiger partial charge is 0.323 e. The average Bonchev–Trinajstić information content (AvgIpc) is 2.98. The second-order valence-electron chi connectivity index (χ2n) is 8.78.